The predicted molar refractivity (Wildman–Crippen MR) is 67.3 cm³/mol. The average molecular weight is 268 g/mol. The summed E-state index contributed by atoms with van der Waals surface area (Å²) in [6.07, 6.45) is 0.785. The van der Waals surface area contributed by atoms with Gasteiger partial charge in [0.25, 0.3) is 0 Å². The normalized spacial score (nSPS) is 16.3. The summed E-state index contributed by atoms with van der Waals surface area (Å²) in [5.41, 5.74) is -0.916. The van der Waals surface area contributed by atoms with Crippen molar-refractivity contribution in [3.05, 3.63) is 23.5 Å². The van der Waals surface area contributed by atoms with E-state index in [9.17, 15) is 14.3 Å². The third-order valence-corrected chi connectivity index (χ3v) is 3.29. The van der Waals surface area contributed by atoms with E-state index in [-0.39, 0.29) is 11.7 Å². The van der Waals surface area contributed by atoms with Crippen LogP contribution in [0.15, 0.2) is 12.1 Å². The van der Waals surface area contributed by atoms with Crippen molar-refractivity contribution in [1.29, 1.82) is 0 Å². The molecule has 0 spiro atoms. The molecule has 1 fully saturated rings. The zero-order valence-electron chi connectivity index (χ0n) is 11.2. The van der Waals surface area contributed by atoms with Crippen LogP contribution in [0, 0.1) is 5.82 Å². The summed E-state index contributed by atoms with van der Waals surface area (Å²) in [5.74, 6) is -0.903. The molecule has 0 atom stereocenters. The van der Waals surface area contributed by atoms with Crippen LogP contribution in [0.2, 0.25) is 0 Å². The third-order valence-electron chi connectivity index (χ3n) is 3.29. The number of aliphatic carboxylic acids is 1. The van der Waals surface area contributed by atoms with Gasteiger partial charge in [0.2, 0.25) is 0 Å². The van der Waals surface area contributed by atoms with Crippen LogP contribution in [0.25, 0.3) is 0 Å². The topological polar surface area (TPSA) is 55.8 Å². The minimum absolute atomic E-state index is 0.117. The zero-order chi connectivity index (χ0) is 14.2. The van der Waals surface area contributed by atoms with Crippen LogP contribution in [-0.2, 0) is 10.2 Å². The Morgan fingerprint density at radius 3 is 2.42 bits per heavy atom. The van der Waals surface area contributed by atoms with Crippen molar-refractivity contribution in [2.24, 2.45) is 0 Å². The van der Waals surface area contributed by atoms with E-state index >= 15 is 0 Å². The van der Waals surface area contributed by atoms with E-state index in [4.69, 9.17) is 9.47 Å². The van der Waals surface area contributed by atoms with E-state index in [1.54, 1.807) is 0 Å². The number of hydrogen-bond acceptors (Lipinski definition) is 3. The van der Waals surface area contributed by atoms with Crippen LogP contribution in [-0.4, -0.2) is 24.3 Å². The lowest BCUT2D eigenvalue weighted by molar-refractivity contribution is -0.140. The highest BCUT2D eigenvalue weighted by Crippen LogP contribution is 2.51. The Kier molecular flexibility index (Phi) is 3.39. The summed E-state index contributed by atoms with van der Waals surface area (Å²) in [5, 5.41) is 9.22. The summed E-state index contributed by atoms with van der Waals surface area (Å²) in [6.45, 7) is 3.65. The van der Waals surface area contributed by atoms with Gasteiger partial charge in [0.15, 0.2) is 11.5 Å². The Morgan fingerprint density at radius 2 is 2.00 bits per heavy atom. The fourth-order valence-corrected chi connectivity index (χ4v) is 2.13. The van der Waals surface area contributed by atoms with E-state index in [1.165, 1.54) is 19.2 Å². The van der Waals surface area contributed by atoms with E-state index < -0.39 is 17.2 Å². The maximum Gasteiger partial charge on any atom is 0.314 e. The van der Waals surface area contributed by atoms with Gasteiger partial charge in [0.05, 0.1) is 18.6 Å². The molecule has 1 aromatic carbocycles. The number of hydrogen-bond donors (Lipinski definition) is 1. The van der Waals surface area contributed by atoms with Gasteiger partial charge in [-0.25, -0.2) is 4.39 Å². The fraction of sp³-hybridized carbons (Fsp3) is 0.500. The first-order valence-corrected chi connectivity index (χ1v) is 6.19. The second-order valence-electron chi connectivity index (χ2n) is 5.04. The van der Waals surface area contributed by atoms with Crippen LogP contribution in [0.1, 0.15) is 32.3 Å². The average Bonchev–Trinajstić information content (AvgIpc) is 3.09. The Morgan fingerprint density at radius 1 is 1.37 bits per heavy atom. The molecule has 1 saturated carbocycles. The highest BCUT2D eigenvalue weighted by molar-refractivity contribution is 5.85. The van der Waals surface area contributed by atoms with Crippen LogP contribution < -0.4 is 9.47 Å². The largest absolute Gasteiger partial charge is 0.493 e. The van der Waals surface area contributed by atoms with E-state index in [0.29, 0.717) is 24.3 Å². The van der Waals surface area contributed by atoms with Crippen LogP contribution in [0.3, 0.4) is 0 Å². The first-order valence-electron chi connectivity index (χ1n) is 6.19. The van der Waals surface area contributed by atoms with Gasteiger partial charge in [-0.2, -0.15) is 0 Å². The first-order chi connectivity index (χ1) is 8.90. The summed E-state index contributed by atoms with van der Waals surface area (Å²) < 4.78 is 24.7. The van der Waals surface area contributed by atoms with Crippen molar-refractivity contribution in [3.63, 3.8) is 0 Å². The standard InChI is InChI=1S/C14H17FO4/c1-8(2)19-12-7-10(15)9(6-11(12)18-3)14(4-5-14)13(16)17/h6-8H,4-5H2,1-3H3,(H,16,17). The van der Waals surface area contributed by atoms with Crippen molar-refractivity contribution in [1.82, 2.24) is 0 Å². The predicted octanol–water partition coefficient (Wildman–Crippen LogP) is 2.74. The first kappa shape index (κ1) is 13.6. The van der Waals surface area contributed by atoms with E-state index in [1.807, 2.05) is 13.8 Å². The van der Waals surface area contributed by atoms with Crippen LogP contribution in [0.4, 0.5) is 4.39 Å². The molecule has 0 aliphatic heterocycles. The molecule has 0 bridgehead atoms. The minimum atomic E-state index is -1.09. The number of halogens is 1. The quantitative estimate of drug-likeness (QED) is 0.892. The second kappa shape index (κ2) is 4.72. The molecule has 104 valence electrons. The van der Waals surface area contributed by atoms with Gasteiger partial charge in [-0.3, -0.25) is 4.79 Å². The smallest absolute Gasteiger partial charge is 0.314 e. The maximum atomic E-state index is 14.1. The molecule has 0 aromatic heterocycles. The minimum Gasteiger partial charge on any atom is -0.493 e. The molecule has 1 aliphatic carbocycles. The van der Waals surface area contributed by atoms with Gasteiger partial charge in [-0.05, 0) is 32.8 Å². The molecule has 0 unspecified atom stereocenters. The summed E-state index contributed by atoms with van der Waals surface area (Å²) in [7, 11) is 1.45. The lowest BCUT2D eigenvalue weighted by Crippen LogP contribution is -2.21. The maximum absolute atomic E-state index is 14.1. The number of carboxylic acids is 1. The van der Waals surface area contributed by atoms with Gasteiger partial charge in [-0.1, -0.05) is 0 Å². The monoisotopic (exact) mass is 268 g/mol. The Labute approximate surface area is 111 Å². The highest BCUT2D eigenvalue weighted by Gasteiger charge is 2.53. The van der Waals surface area contributed by atoms with Crippen molar-refractivity contribution in [2.75, 3.05) is 7.11 Å². The van der Waals surface area contributed by atoms with Gasteiger partial charge in [0.1, 0.15) is 5.82 Å². The summed E-state index contributed by atoms with van der Waals surface area (Å²) >= 11 is 0. The molecule has 19 heavy (non-hydrogen) atoms. The summed E-state index contributed by atoms with van der Waals surface area (Å²) in [4.78, 5) is 11.3. The lowest BCUT2D eigenvalue weighted by Gasteiger charge is -2.17. The Balaban J connectivity index is 2.45. The van der Waals surface area contributed by atoms with Crippen molar-refractivity contribution < 1.29 is 23.8 Å². The molecule has 4 nitrogen and oxygen atoms in total. The number of rotatable bonds is 5. The molecule has 1 N–H and O–H groups in total. The molecule has 0 amide bonds. The van der Waals surface area contributed by atoms with Crippen molar-refractivity contribution in [3.8, 4) is 11.5 Å². The highest BCUT2D eigenvalue weighted by atomic mass is 19.1. The number of ether oxygens (including phenoxy) is 2. The van der Waals surface area contributed by atoms with E-state index in [2.05, 4.69) is 0 Å². The second-order valence-corrected chi connectivity index (χ2v) is 5.04. The molecule has 0 heterocycles. The van der Waals surface area contributed by atoms with Crippen molar-refractivity contribution in [2.45, 2.75) is 38.2 Å². The molecule has 1 aromatic rings. The molecule has 2 rings (SSSR count). The molecule has 0 radical (unpaired) electrons. The fourth-order valence-electron chi connectivity index (χ4n) is 2.13. The molecule has 0 saturated heterocycles. The molecular weight excluding hydrogens is 251 g/mol. The number of carboxylic acid groups (broad SMARTS) is 1. The number of benzene rings is 1. The Bertz CT molecular complexity index is 506. The molecule has 5 heteroatoms. The van der Waals surface area contributed by atoms with Gasteiger partial charge >= 0.3 is 5.97 Å². The van der Waals surface area contributed by atoms with Gasteiger partial charge < -0.3 is 14.6 Å². The zero-order valence-corrected chi connectivity index (χ0v) is 11.2. The SMILES string of the molecule is COc1cc(C2(C(=O)O)CC2)c(F)cc1OC(C)C. The number of carbonyl (C=O) groups is 1. The van der Waals surface area contributed by atoms with Gasteiger partial charge in [-0.15, -0.1) is 0 Å². The van der Waals surface area contributed by atoms with Gasteiger partial charge in [0, 0.05) is 11.6 Å². The van der Waals surface area contributed by atoms with Crippen LogP contribution in [0.5, 0.6) is 11.5 Å². The van der Waals surface area contributed by atoms with Crippen LogP contribution >= 0.6 is 0 Å². The Hall–Kier alpha value is -1.78. The lowest BCUT2D eigenvalue weighted by atomic mass is 9.95. The molecular formula is C14H17FO4. The molecule has 1 aliphatic rings. The van der Waals surface area contributed by atoms with Crippen molar-refractivity contribution >= 4 is 5.97 Å². The summed E-state index contributed by atoms with van der Waals surface area (Å²) in [6, 6.07) is 2.64. The third kappa shape index (κ3) is 2.37. The number of methoxy groups -OCH3 is 1. The van der Waals surface area contributed by atoms with E-state index in [0.717, 1.165) is 0 Å².